The van der Waals surface area contributed by atoms with Crippen LogP contribution in [0.1, 0.15) is 12.1 Å². The monoisotopic (exact) mass is 302 g/mol. The molecule has 1 unspecified atom stereocenters. The summed E-state index contributed by atoms with van der Waals surface area (Å²) in [5.41, 5.74) is 7.01. The number of pyridine rings is 1. The topological polar surface area (TPSA) is 57.4 Å². The predicted molar refractivity (Wildman–Crippen MR) is 70.9 cm³/mol. The van der Waals surface area contributed by atoms with Crippen molar-refractivity contribution in [3.05, 3.63) is 28.5 Å². The molecule has 96 valence electrons. The Bertz CT molecular complexity index is 306. The lowest BCUT2D eigenvalue weighted by molar-refractivity contribution is 0.0672. The molecule has 0 aromatic carbocycles. The van der Waals surface area contributed by atoms with Gasteiger partial charge in [0.2, 0.25) is 0 Å². The van der Waals surface area contributed by atoms with Gasteiger partial charge in [-0.25, -0.2) is 0 Å². The van der Waals surface area contributed by atoms with Gasteiger partial charge in [-0.05, 0) is 34.5 Å². The lowest BCUT2D eigenvalue weighted by atomic mass is 10.1. The number of hydrogen-bond donors (Lipinski definition) is 1. The van der Waals surface area contributed by atoms with Crippen LogP contribution in [-0.2, 0) is 15.9 Å². The number of nitrogens with zero attached hydrogens (tertiary/aromatic N) is 1. The summed E-state index contributed by atoms with van der Waals surface area (Å²) in [5, 5.41) is 0. The van der Waals surface area contributed by atoms with Gasteiger partial charge in [-0.2, -0.15) is 0 Å². The highest BCUT2D eigenvalue weighted by atomic mass is 79.9. The zero-order valence-electron chi connectivity index (χ0n) is 10.1. The van der Waals surface area contributed by atoms with E-state index in [0.717, 1.165) is 23.0 Å². The quantitative estimate of drug-likeness (QED) is 0.744. The normalized spacial score (nSPS) is 12.6. The largest absolute Gasteiger partial charge is 0.382 e. The van der Waals surface area contributed by atoms with Gasteiger partial charge in [-0.1, -0.05) is 0 Å². The molecule has 1 rings (SSSR count). The smallest absolute Gasteiger partial charge is 0.0700 e. The maximum Gasteiger partial charge on any atom is 0.0700 e. The van der Waals surface area contributed by atoms with Crippen LogP contribution in [0.3, 0.4) is 0 Å². The number of aromatic nitrogens is 1. The van der Waals surface area contributed by atoms with Crippen molar-refractivity contribution >= 4 is 15.9 Å². The van der Waals surface area contributed by atoms with Crippen molar-refractivity contribution in [3.8, 4) is 0 Å². The predicted octanol–water partition coefficient (Wildman–Crippen LogP) is 1.77. The van der Waals surface area contributed by atoms with E-state index in [4.69, 9.17) is 15.2 Å². The molecule has 1 atom stereocenters. The summed E-state index contributed by atoms with van der Waals surface area (Å²) in [6.07, 6.45) is 3.40. The molecule has 0 bridgehead atoms. The highest BCUT2D eigenvalue weighted by Crippen LogP contribution is 2.09. The molecule has 0 fully saturated rings. The SMILES string of the molecule is COCCOCCC(N)Cc1ccc(Br)cn1. The van der Waals surface area contributed by atoms with Crippen molar-refractivity contribution in [1.29, 1.82) is 0 Å². The maximum atomic E-state index is 6.00. The Kier molecular flexibility index (Phi) is 7.35. The Morgan fingerprint density at radius 2 is 2.18 bits per heavy atom. The fraction of sp³-hybridized carbons (Fsp3) is 0.583. The molecule has 0 aliphatic heterocycles. The lowest BCUT2D eigenvalue weighted by Crippen LogP contribution is -2.25. The molecule has 0 spiro atoms. The molecular weight excluding hydrogens is 284 g/mol. The first kappa shape index (κ1) is 14.6. The Balaban J connectivity index is 2.16. The second-order valence-corrected chi connectivity index (χ2v) is 4.74. The van der Waals surface area contributed by atoms with Gasteiger partial charge in [0.1, 0.15) is 0 Å². The second-order valence-electron chi connectivity index (χ2n) is 3.83. The average Bonchev–Trinajstić information content (AvgIpc) is 2.32. The molecule has 0 amide bonds. The van der Waals surface area contributed by atoms with Gasteiger partial charge in [0.05, 0.1) is 13.2 Å². The van der Waals surface area contributed by atoms with E-state index in [-0.39, 0.29) is 6.04 Å². The van der Waals surface area contributed by atoms with Crippen LogP contribution in [0.25, 0.3) is 0 Å². The third-order valence-corrected chi connectivity index (χ3v) is 2.79. The van der Waals surface area contributed by atoms with E-state index in [1.54, 1.807) is 13.3 Å². The number of nitrogens with two attached hydrogens (primary N) is 1. The van der Waals surface area contributed by atoms with Crippen molar-refractivity contribution < 1.29 is 9.47 Å². The standard InChI is InChI=1S/C12H19BrN2O2/c1-16-6-7-17-5-4-11(14)8-12-3-2-10(13)9-15-12/h2-3,9,11H,4-8,14H2,1H3. The molecule has 0 aliphatic carbocycles. The molecule has 0 saturated heterocycles. The lowest BCUT2D eigenvalue weighted by Gasteiger charge is -2.11. The summed E-state index contributed by atoms with van der Waals surface area (Å²) in [5.74, 6) is 0. The molecule has 1 aromatic heterocycles. The molecular formula is C12H19BrN2O2. The number of rotatable bonds is 8. The van der Waals surface area contributed by atoms with Crippen LogP contribution < -0.4 is 5.73 Å². The minimum Gasteiger partial charge on any atom is -0.382 e. The molecule has 1 heterocycles. The van der Waals surface area contributed by atoms with Gasteiger partial charge in [-0.3, -0.25) is 4.98 Å². The van der Waals surface area contributed by atoms with Crippen LogP contribution in [0.15, 0.2) is 22.8 Å². The summed E-state index contributed by atoms with van der Waals surface area (Å²) in [6, 6.07) is 4.05. The first-order chi connectivity index (χ1) is 8.22. The average molecular weight is 303 g/mol. The van der Waals surface area contributed by atoms with E-state index in [2.05, 4.69) is 20.9 Å². The van der Waals surface area contributed by atoms with Gasteiger partial charge < -0.3 is 15.2 Å². The van der Waals surface area contributed by atoms with E-state index in [0.29, 0.717) is 19.8 Å². The molecule has 5 heteroatoms. The van der Waals surface area contributed by atoms with Crippen molar-refractivity contribution in [1.82, 2.24) is 4.98 Å². The fourth-order valence-electron chi connectivity index (χ4n) is 1.38. The summed E-state index contributed by atoms with van der Waals surface area (Å²) < 4.78 is 11.2. The van der Waals surface area contributed by atoms with Crippen LogP contribution in [0, 0.1) is 0 Å². The second kappa shape index (κ2) is 8.58. The van der Waals surface area contributed by atoms with E-state index >= 15 is 0 Å². The molecule has 0 aliphatic rings. The van der Waals surface area contributed by atoms with E-state index in [9.17, 15) is 0 Å². The minimum atomic E-state index is 0.0891. The number of hydrogen-bond acceptors (Lipinski definition) is 4. The number of ether oxygens (including phenoxy) is 2. The van der Waals surface area contributed by atoms with Crippen LogP contribution in [0.4, 0.5) is 0 Å². The first-order valence-electron chi connectivity index (χ1n) is 5.65. The number of methoxy groups -OCH3 is 1. The fourth-order valence-corrected chi connectivity index (χ4v) is 1.61. The molecule has 2 N–H and O–H groups in total. The van der Waals surface area contributed by atoms with Crippen molar-refractivity contribution in [3.63, 3.8) is 0 Å². The Morgan fingerprint density at radius 1 is 1.35 bits per heavy atom. The van der Waals surface area contributed by atoms with Gasteiger partial charge in [-0.15, -0.1) is 0 Å². The third-order valence-electron chi connectivity index (χ3n) is 2.32. The third kappa shape index (κ3) is 6.73. The molecule has 17 heavy (non-hydrogen) atoms. The van der Waals surface area contributed by atoms with Crippen LogP contribution in [0.2, 0.25) is 0 Å². The van der Waals surface area contributed by atoms with Crippen molar-refractivity contribution in [2.45, 2.75) is 18.9 Å². The zero-order chi connectivity index (χ0) is 12.5. The molecule has 1 aromatic rings. The zero-order valence-corrected chi connectivity index (χ0v) is 11.6. The highest BCUT2D eigenvalue weighted by Gasteiger charge is 2.05. The van der Waals surface area contributed by atoms with Gasteiger partial charge in [0, 0.05) is 42.5 Å². The summed E-state index contributed by atoms with van der Waals surface area (Å²) >= 11 is 3.35. The Hall–Kier alpha value is -0.490. The van der Waals surface area contributed by atoms with E-state index in [1.165, 1.54) is 0 Å². The summed E-state index contributed by atoms with van der Waals surface area (Å²) in [4.78, 5) is 4.29. The molecule has 4 nitrogen and oxygen atoms in total. The summed E-state index contributed by atoms with van der Waals surface area (Å²) in [7, 11) is 1.66. The van der Waals surface area contributed by atoms with Crippen LogP contribution in [-0.4, -0.2) is 38.0 Å². The first-order valence-corrected chi connectivity index (χ1v) is 6.44. The van der Waals surface area contributed by atoms with E-state index < -0.39 is 0 Å². The maximum absolute atomic E-state index is 6.00. The van der Waals surface area contributed by atoms with Gasteiger partial charge in [0.25, 0.3) is 0 Å². The van der Waals surface area contributed by atoms with Gasteiger partial charge >= 0.3 is 0 Å². The van der Waals surface area contributed by atoms with Crippen molar-refractivity contribution in [2.75, 3.05) is 26.9 Å². The minimum absolute atomic E-state index is 0.0891. The van der Waals surface area contributed by atoms with Crippen LogP contribution >= 0.6 is 15.9 Å². The summed E-state index contributed by atoms with van der Waals surface area (Å²) in [6.45, 7) is 1.92. The van der Waals surface area contributed by atoms with E-state index in [1.807, 2.05) is 12.1 Å². The highest BCUT2D eigenvalue weighted by molar-refractivity contribution is 9.10. The molecule has 0 saturated carbocycles. The number of halogens is 1. The molecule has 0 radical (unpaired) electrons. The van der Waals surface area contributed by atoms with Crippen molar-refractivity contribution in [2.24, 2.45) is 5.73 Å². The Labute approximate surface area is 111 Å². The van der Waals surface area contributed by atoms with Gasteiger partial charge in [0.15, 0.2) is 0 Å². The Morgan fingerprint density at radius 3 is 2.82 bits per heavy atom. The van der Waals surface area contributed by atoms with Crippen LogP contribution in [0.5, 0.6) is 0 Å².